The van der Waals surface area contributed by atoms with Gasteiger partial charge < -0.3 is 19.5 Å². The highest BCUT2D eigenvalue weighted by Crippen LogP contribution is 2.25. The highest BCUT2D eigenvalue weighted by atomic mass is 16.6. The molecule has 0 bridgehead atoms. The van der Waals surface area contributed by atoms with Gasteiger partial charge in [0.25, 0.3) is 0 Å². The first kappa shape index (κ1) is 13.7. The van der Waals surface area contributed by atoms with Crippen LogP contribution in [0.5, 0.6) is 5.75 Å². The minimum absolute atomic E-state index is 0.301. The molecule has 1 aromatic carbocycles. The van der Waals surface area contributed by atoms with Crippen molar-refractivity contribution in [3.8, 4) is 5.75 Å². The molecule has 1 saturated heterocycles. The maximum Gasteiger partial charge on any atom is 0.410 e. The van der Waals surface area contributed by atoms with Crippen molar-refractivity contribution in [1.29, 1.82) is 0 Å². The van der Waals surface area contributed by atoms with Crippen molar-refractivity contribution in [3.63, 3.8) is 0 Å². The Morgan fingerprint density at radius 1 is 1.53 bits per heavy atom. The summed E-state index contributed by atoms with van der Waals surface area (Å²) in [5, 5.41) is 9.64. The zero-order valence-electron chi connectivity index (χ0n) is 11.3. The third-order valence-corrected chi connectivity index (χ3v) is 3.07. The second kappa shape index (κ2) is 5.93. The monoisotopic (exact) mass is 265 g/mol. The van der Waals surface area contributed by atoms with E-state index in [4.69, 9.17) is 9.47 Å². The van der Waals surface area contributed by atoms with Crippen LogP contribution in [0.4, 0.5) is 4.79 Å². The van der Waals surface area contributed by atoms with Gasteiger partial charge in [-0.15, -0.1) is 0 Å². The molecule has 104 valence electrons. The maximum atomic E-state index is 11.5. The van der Waals surface area contributed by atoms with Gasteiger partial charge in [0.05, 0.1) is 25.8 Å². The smallest absolute Gasteiger partial charge is 0.410 e. The van der Waals surface area contributed by atoms with E-state index in [0.717, 1.165) is 16.9 Å². The summed E-state index contributed by atoms with van der Waals surface area (Å²) in [6.07, 6.45) is -0.843. The summed E-state index contributed by atoms with van der Waals surface area (Å²) in [4.78, 5) is 13.1. The van der Waals surface area contributed by atoms with Crippen LogP contribution in [-0.4, -0.2) is 35.9 Å². The van der Waals surface area contributed by atoms with Crippen molar-refractivity contribution in [1.82, 2.24) is 4.90 Å². The molecule has 1 atom stereocenters. The van der Waals surface area contributed by atoms with E-state index in [-0.39, 0.29) is 6.09 Å². The highest BCUT2D eigenvalue weighted by molar-refractivity contribution is 5.69. The van der Waals surface area contributed by atoms with E-state index in [1.54, 1.807) is 11.8 Å². The third kappa shape index (κ3) is 3.17. The molecule has 5 nitrogen and oxygen atoms in total. The van der Waals surface area contributed by atoms with E-state index in [9.17, 15) is 9.90 Å². The molecule has 0 aliphatic carbocycles. The second-order valence-corrected chi connectivity index (χ2v) is 4.51. The zero-order valence-corrected chi connectivity index (χ0v) is 11.3. The summed E-state index contributed by atoms with van der Waals surface area (Å²) in [7, 11) is 0. The summed E-state index contributed by atoms with van der Waals surface area (Å²) in [6.45, 7) is 5.64. The average Bonchev–Trinajstić information content (AvgIpc) is 2.77. The predicted octanol–water partition coefficient (Wildman–Crippen LogP) is 2.09. The standard InChI is InChI=1S/C14H19NO4/c1-3-18-13-5-4-11(10(2)16)8-12(13)9-15-6-7-19-14(15)17/h4-5,8,10,16H,3,6-7,9H2,1-2H3. The Bertz CT molecular complexity index is 459. The number of aliphatic hydroxyl groups excluding tert-OH is 1. The lowest BCUT2D eigenvalue weighted by molar-refractivity contribution is 0.157. The third-order valence-electron chi connectivity index (χ3n) is 3.07. The van der Waals surface area contributed by atoms with Crippen molar-refractivity contribution in [3.05, 3.63) is 29.3 Å². The van der Waals surface area contributed by atoms with Gasteiger partial charge in [0.15, 0.2) is 0 Å². The Morgan fingerprint density at radius 3 is 2.89 bits per heavy atom. The number of nitrogens with zero attached hydrogens (tertiary/aromatic N) is 1. The van der Waals surface area contributed by atoms with Gasteiger partial charge in [0, 0.05) is 5.56 Å². The van der Waals surface area contributed by atoms with Gasteiger partial charge in [0.1, 0.15) is 12.4 Å². The van der Waals surface area contributed by atoms with Crippen molar-refractivity contribution < 1.29 is 19.4 Å². The molecular formula is C14H19NO4. The van der Waals surface area contributed by atoms with Crippen LogP contribution in [0.3, 0.4) is 0 Å². The van der Waals surface area contributed by atoms with Crippen molar-refractivity contribution in [2.45, 2.75) is 26.5 Å². The minimum atomic E-state index is -0.542. The molecule has 1 aliphatic rings. The van der Waals surface area contributed by atoms with Crippen molar-refractivity contribution in [2.75, 3.05) is 19.8 Å². The molecule has 19 heavy (non-hydrogen) atoms. The van der Waals surface area contributed by atoms with Crippen LogP contribution in [0, 0.1) is 0 Å². The van der Waals surface area contributed by atoms with Crippen LogP contribution in [0.25, 0.3) is 0 Å². The summed E-state index contributed by atoms with van der Waals surface area (Å²) >= 11 is 0. The Balaban J connectivity index is 2.23. The van der Waals surface area contributed by atoms with E-state index in [2.05, 4.69) is 0 Å². The van der Waals surface area contributed by atoms with Crippen LogP contribution < -0.4 is 4.74 Å². The fourth-order valence-electron chi connectivity index (χ4n) is 2.05. The molecule has 1 unspecified atom stereocenters. The van der Waals surface area contributed by atoms with Crippen LogP contribution in [-0.2, 0) is 11.3 Å². The molecule has 1 heterocycles. The fourth-order valence-corrected chi connectivity index (χ4v) is 2.05. The van der Waals surface area contributed by atoms with Crippen molar-refractivity contribution in [2.24, 2.45) is 0 Å². The highest BCUT2D eigenvalue weighted by Gasteiger charge is 2.23. The molecule has 0 aromatic heterocycles. The van der Waals surface area contributed by atoms with Gasteiger partial charge in [-0.3, -0.25) is 0 Å². The number of ether oxygens (including phenoxy) is 2. The lowest BCUT2D eigenvalue weighted by Crippen LogP contribution is -2.24. The number of amides is 1. The molecule has 0 saturated carbocycles. The van der Waals surface area contributed by atoms with Gasteiger partial charge in [-0.1, -0.05) is 6.07 Å². The number of carbonyl (C=O) groups is 1. The predicted molar refractivity (Wildman–Crippen MR) is 70.0 cm³/mol. The molecule has 5 heteroatoms. The number of carbonyl (C=O) groups excluding carboxylic acids is 1. The first-order valence-electron chi connectivity index (χ1n) is 6.47. The molecule has 1 aromatic rings. The first-order chi connectivity index (χ1) is 9.11. The molecule has 0 radical (unpaired) electrons. The van der Waals surface area contributed by atoms with Gasteiger partial charge in [0.2, 0.25) is 0 Å². The summed E-state index contributed by atoms with van der Waals surface area (Å²) in [5.41, 5.74) is 1.70. The SMILES string of the molecule is CCOc1ccc(C(C)O)cc1CN1CCOC1=O. The Kier molecular flexibility index (Phi) is 4.27. The van der Waals surface area contributed by atoms with E-state index >= 15 is 0 Å². The lowest BCUT2D eigenvalue weighted by atomic mass is 10.1. The minimum Gasteiger partial charge on any atom is -0.494 e. The average molecular weight is 265 g/mol. The Morgan fingerprint density at radius 2 is 2.32 bits per heavy atom. The number of benzene rings is 1. The lowest BCUT2D eigenvalue weighted by Gasteiger charge is -2.17. The Hall–Kier alpha value is -1.75. The van der Waals surface area contributed by atoms with Crippen LogP contribution in [0.15, 0.2) is 18.2 Å². The van der Waals surface area contributed by atoms with Crippen LogP contribution in [0.1, 0.15) is 31.1 Å². The van der Waals surface area contributed by atoms with Gasteiger partial charge >= 0.3 is 6.09 Å². The molecule has 1 N–H and O–H groups in total. The largest absolute Gasteiger partial charge is 0.494 e. The van der Waals surface area contributed by atoms with E-state index < -0.39 is 6.10 Å². The van der Waals surface area contributed by atoms with E-state index in [1.165, 1.54) is 0 Å². The summed E-state index contributed by atoms with van der Waals surface area (Å²) in [6, 6.07) is 5.55. The van der Waals surface area contributed by atoms with E-state index in [0.29, 0.717) is 26.3 Å². The molecule has 1 aliphatic heterocycles. The van der Waals surface area contributed by atoms with Crippen LogP contribution in [0.2, 0.25) is 0 Å². The quantitative estimate of drug-likeness (QED) is 0.885. The van der Waals surface area contributed by atoms with Gasteiger partial charge in [-0.2, -0.15) is 0 Å². The summed E-state index contributed by atoms with van der Waals surface area (Å²) in [5.74, 6) is 0.742. The molecule has 1 amide bonds. The van der Waals surface area contributed by atoms with Gasteiger partial charge in [-0.05, 0) is 31.5 Å². The summed E-state index contributed by atoms with van der Waals surface area (Å²) < 4.78 is 10.5. The van der Waals surface area contributed by atoms with Crippen LogP contribution >= 0.6 is 0 Å². The number of hydrogen-bond acceptors (Lipinski definition) is 4. The molecule has 2 rings (SSSR count). The second-order valence-electron chi connectivity index (χ2n) is 4.51. The fraction of sp³-hybridized carbons (Fsp3) is 0.500. The molecular weight excluding hydrogens is 246 g/mol. The number of hydrogen-bond donors (Lipinski definition) is 1. The normalized spacial score (nSPS) is 16.4. The number of rotatable bonds is 5. The number of aliphatic hydroxyl groups is 1. The topological polar surface area (TPSA) is 59.0 Å². The zero-order chi connectivity index (χ0) is 13.8. The molecule has 0 spiro atoms. The van der Waals surface area contributed by atoms with Crippen molar-refractivity contribution >= 4 is 6.09 Å². The van der Waals surface area contributed by atoms with E-state index in [1.807, 2.05) is 25.1 Å². The number of cyclic esters (lactones) is 1. The Labute approximate surface area is 112 Å². The van der Waals surface area contributed by atoms with Gasteiger partial charge in [-0.25, -0.2) is 4.79 Å². The molecule has 1 fully saturated rings. The maximum absolute atomic E-state index is 11.5. The first-order valence-corrected chi connectivity index (χ1v) is 6.47.